The highest BCUT2D eigenvalue weighted by atomic mass is 32.1. The number of hydrogen-bond acceptors (Lipinski definition) is 4. The standard InChI is InChI=1S/C11H19N3S/c1-8(9-5-6-9)11-14-13-10(15-11)4-3-7-12-2/h8-9,12H,3-7H2,1-2H3. The SMILES string of the molecule is CNCCCc1nnc(C(C)C2CC2)s1. The molecule has 1 atom stereocenters. The summed E-state index contributed by atoms with van der Waals surface area (Å²) >= 11 is 1.81. The molecule has 2 rings (SSSR count). The summed E-state index contributed by atoms with van der Waals surface area (Å²) in [5.41, 5.74) is 0. The van der Waals surface area contributed by atoms with E-state index in [1.54, 1.807) is 0 Å². The van der Waals surface area contributed by atoms with Gasteiger partial charge in [-0.1, -0.05) is 6.92 Å². The highest BCUT2D eigenvalue weighted by molar-refractivity contribution is 7.11. The third kappa shape index (κ3) is 2.98. The number of nitrogens with one attached hydrogen (secondary N) is 1. The Balaban J connectivity index is 1.85. The molecule has 0 bridgehead atoms. The Morgan fingerprint density at radius 1 is 1.47 bits per heavy atom. The molecule has 1 unspecified atom stereocenters. The minimum atomic E-state index is 0.639. The summed E-state index contributed by atoms with van der Waals surface area (Å²) in [5, 5.41) is 14.2. The molecule has 1 N–H and O–H groups in total. The van der Waals surface area contributed by atoms with Gasteiger partial charge in [0.15, 0.2) is 0 Å². The fraction of sp³-hybridized carbons (Fsp3) is 0.818. The second kappa shape index (κ2) is 5.03. The Morgan fingerprint density at radius 2 is 2.27 bits per heavy atom. The summed E-state index contributed by atoms with van der Waals surface area (Å²) in [5.74, 6) is 1.53. The summed E-state index contributed by atoms with van der Waals surface area (Å²) in [7, 11) is 1.99. The predicted molar refractivity (Wildman–Crippen MR) is 63.3 cm³/mol. The minimum Gasteiger partial charge on any atom is -0.320 e. The first-order valence-electron chi connectivity index (χ1n) is 5.78. The van der Waals surface area contributed by atoms with Crippen molar-refractivity contribution >= 4 is 11.3 Å². The maximum absolute atomic E-state index is 4.30. The first-order chi connectivity index (χ1) is 7.31. The van der Waals surface area contributed by atoms with Gasteiger partial charge in [0.05, 0.1) is 0 Å². The van der Waals surface area contributed by atoms with Crippen molar-refractivity contribution < 1.29 is 0 Å². The van der Waals surface area contributed by atoms with Crippen molar-refractivity contribution in [1.29, 1.82) is 0 Å². The molecular formula is C11H19N3S. The Bertz CT molecular complexity index is 307. The molecule has 84 valence electrons. The maximum atomic E-state index is 4.30. The predicted octanol–water partition coefficient (Wildman–Crippen LogP) is 2.20. The zero-order valence-corrected chi connectivity index (χ0v) is 10.3. The average molecular weight is 225 g/mol. The average Bonchev–Trinajstić information content (AvgIpc) is 2.98. The molecule has 0 aliphatic heterocycles. The van der Waals surface area contributed by atoms with Crippen LogP contribution in [0.1, 0.15) is 42.1 Å². The van der Waals surface area contributed by atoms with Crippen LogP contribution in [0.2, 0.25) is 0 Å². The maximum Gasteiger partial charge on any atom is 0.120 e. The van der Waals surface area contributed by atoms with Gasteiger partial charge in [0.25, 0.3) is 0 Å². The first-order valence-corrected chi connectivity index (χ1v) is 6.59. The molecule has 1 aromatic heterocycles. The molecule has 1 saturated carbocycles. The van der Waals surface area contributed by atoms with E-state index in [0.29, 0.717) is 5.92 Å². The van der Waals surface area contributed by atoms with Crippen LogP contribution >= 0.6 is 11.3 Å². The van der Waals surface area contributed by atoms with Crippen molar-refractivity contribution in [1.82, 2.24) is 15.5 Å². The molecule has 1 aliphatic carbocycles. The van der Waals surface area contributed by atoms with Gasteiger partial charge in [-0.3, -0.25) is 0 Å². The van der Waals surface area contributed by atoms with Gasteiger partial charge in [0, 0.05) is 12.3 Å². The van der Waals surface area contributed by atoms with Gasteiger partial charge in [0.1, 0.15) is 10.0 Å². The Morgan fingerprint density at radius 3 is 2.93 bits per heavy atom. The highest BCUT2D eigenvalue weighted by Gasteiger charge is 2.31. The lowest BCUT2D eigenvalue weighted by Gasteiger charge is -2.02. The number of rotatable bonds is 6. The van der Waals surface area contributed by atoms with Crippen LogP contribution in [0.15, 0.2) is 0 Å². The van der Waals surface area contributed by atoms with Crippen molar-refractivity contribution in [2.45, 2.75) is 38.5 Å². The van der Waals surface area contributed by atoms with E-state index >= 15 is 0 Å². The van der Waals surface area contributed by atoms with Crippen LogP contribution in [0.5, 0.6) is 0 Å². The topological polar surface area (TPSA) is 37.8 Å². The van der Waals surface area contributed by atoms with Crippen LogP contribution in [0.4, 0.5) is 0 Å². The van der Waals surface area contributed by atoms with E-state index in [0.717, 1.165) is 25.3 Å². The normalized spacial score (nSPS) is 18.0. The molecule has 0 saturated heterocycles. The van der Waals surface area contributed by atoms with Gasteiger partial charge in [-0.25, -0.2) is 0 Å². The molecule has 0 radical (unpaired) electrons. The summed E-state index contributed by atoms with van der Waals surface area (Å²) in [4.78, 5) is 0. The lowest BCUT2D eigenvalue weighted by atomic mass is 10.1. The van der Waals surface area contributed by atoms with E-state index in [1.807, 2.05) is 18.4 Å². The van der Waals surface area contributed by atoms with E-state index in [9.17, 15) is 0 Å². The van der Waals surface area contributed by atoms with Crippen molar-refractivity contribution in [3.63, 3.8) is 0 Å². The summed E-state index contributed by atoms with van der Waals surface area (Å²) < 4.78 is 0. The van der Waals surface area contributed by atoms with Gasteiger partial charge in [-0.2, -0.15) is 0 Å². The van der Waals surface area contributed by atoms with Crippen molar-refractivity contribution in [2.75, 3.05) is 13.6 Å². The Kier molecular flexibility index (Phi) is 3.70. The van der Waals surface area contributed by atoms with E-state index in [4.69, 9.17) is 0 Å². The molecule has 15 heavy (non-hydrogen) atoms. The molecular weight excluding hydrogens is 206 g/mol. The molecule has 4 heteroatoms. The lowest BCUT2D eigenvalue weighted by Crippen LogP contribution is -2.08. The van der Waals surface area contributed by atoms with Crippen molar-refractivity contribution in [2.24, 2.45) is 5.92 Å². The highest BCUT2D eigenvalue weighted by Crippen LogP contribution is 2.42. The molecule has 1 aliphatic rings. The first kappa shape index (κ1) is 11.0. The fourth-order valence-electron chi connectivity index (χ4n) is 1.77. The number of aromatic nitrogens is 2. The van der Waals surface area contributed by atoms with E-state index in [2.05, 4.69) is 22.4 Å². The fourth-order valence-corrected chi connectivity index (χ4v) is 2.80. The zero-order valence-electron chi connectivity index (χ0n) is 9.49. The summed E-state index contributed by atoms with van der Waals surface area (Å²) in [6, 6.07) is 0. The van der Waals surface area contributed by atoms with Gasteiger partial charge in [0.2, 0.25) is 0 Å². The van der Waals surface area contributed by atoms with Crippen LogP contribution in [0.25, 0.3) is 0 Å². The lowest BCUT2D eigenvalue weighted by molar-refractivity contribution is 0.649. The van der Waals surface area contributed by atoms with Gasteiger partial charge < -0.3 is 5.32 Å². The van der Waals surface area contributed by atoms with Crippen LogP contribution in [0, 0.1) is 5.92 Å². The molecule has 1 fully saturated rings. The molecule has 0 aromatic carbocycles. The van der Waals surface area contributed by atoms with Gasteiger partial charge in [-0.15, -0.1) is 21.5 Å². The van der Waals surface area contributed by atoms with Crippen LogP contribution in [-0.2, 0) is 6.42 Å². The number of nitrogens with zero attached hydrogens (tertiary/aromatic N) is 2. The van der Waals surface area contributed by atoms with Crippen molar-refractivity contribution in [3.05, 3.63) is 10.0 Å². The van der Waals surface area contributed by atoms with Crippen LogP contribution in [0.3, 0.4) is 0 Å². The van der Waals surface area contributed by atoms with E-state index in [-0.39, 0.29) is 0 Å². The summed E-state index contributed by atoms with van der Waals surface area (Å²) in [6.45, 7) is 3.35. The van der Waals surface area contributed by atoms with Gasteiger partial charge in [-0.05, 0) is 38.8 Å². The smallest absolute Gasteiger partial charge is 0.120 e. The third-order valence-electron chi connectivity index (χ3n) is 3.02. The molecule has 0 spiro atoms. The quantitative estimate of drug-likeness (QED) is 0.754. The Hall–Kier alpha value is -0.480. The molecule has 1 aromatic rings. The molecule has 0 amide bonds. The van der Waals surface area contributed by atoms with E-state index in [1.165, 1.54) is 22.9 Å². The third-order valence-corrected chi connectivity index (χ3v) is 4.20. The number of hydrogen-bond donors (Lipinski definition) is 1. The Labute approximate surface area is 95.3 Å². The van der Waals surface area contributed by atoms with Crippen molar-refractivity contribution in [3.8, 4) is 0 Å². The second-order valence-corrected chi connectivity index (χ2v) is 5.46. The molecule has 3 nitrogen and oxygen atoms in total. The molecule has 1 heterocycles. The number of aryl methyl sites for hydroxylation is 1. The monoisotopic (exact) mass is 225 g/mol. The largest absolute Gasteiger partial charge is 0.320 e. The minimum absolute atomic E-state index is 0.639. The summed E-state index contributed by atoms with van der Waals surface area (Å²) in [6.07, 6.45) is 4.99. The van der Waals surface area contributed by atoms with Gasteiger partial charge >= 0.3 is 0 Å². The van der Waals surface area contributed by atoms with Crippen LogP contribution in [-0.4, -0.2) is 23.8 Å². The zero-order chi connectivity index (χ0) is 10.7. The van der Waals surface area contributed by atoms with E-state index < -0.39 is 0 Å². The second-order valence-electron chi connectivity index (χ2n) is 4.37. The van der Waals surface area contributed by atoms with Crippen LogP contribution < -0.4 is 5.32 Å².